The van der Waals surface area contributed by atoms with Crippen molar-refractivity contribution < 1.29 is 14.7 Å². The third-order valence-electron chi connectivity index (χ3n) is 2.66. The molecule has 0 aliphatic carbocycles. The van der Waals surface area contributed by atoms with E-state index in [1.54, 1.807) is 10.9 Å². The Bertz CT molecular complexity index is 636. The number of pyridine rings is 1. The van der Waals surface area contributed by atoms with Gasteiger partial charge in [-0.05, 0) is 24.1 Å². The molecule has 2 aromatic rings. The van der Waals surface area contributed by atoms with E-state index >= 15 is 0 Å². The Morgan fingerprint density at radius 3 is 2.75 bits per heavy atom. The monoisotopic (exact) mass is 274 g/mol. The van der Waals surface area contributed by atoms with Crippen molar-refractivity contribution in [1.29, 1.82) is 0 Å². The molecule has 0 aromatic carbocycles. The molecule has 1 amide bonds. The van der Waals surface area contributed by atoms with E-state index in [0.717, 1.165) is 5.56 Å². The van der Waals surface area contributed by atoms with Gasteiger partial charge < -0.3 is 10.4 Å². The molecular weight excluding hydrogens is 260 g/mol. The lowest BCUT2D eigenvalue weighted by Crippen LogP contribution is -2.27. The van der Waals surface area contributed by atoms with Crippen molar-refractivity contribution in [1.82, 2.24) is 20.1 Å². The molecule has 0 aliphatic heterocycles. The fraction of sp³-hybridized carbons (Fsp3) is 0.231. The molecule has 7 nitrogen and oxygen atoms in total. The van der Waals surface area contributed by atoms with Gasteiger partial charge in [0.15, 0.2) is 0 Å². The summed E-state index contributed by atoms with van der Waals surface area (Å²) >= 11 is 0. The summed E-state index contributed by atoms with van der Waals surface area (Å²) < 4.78 is 1.69. The number of aromatic nitrogens is 3. The summed E-state index contributed by atoms with van der Waals surface area (Å²) in [4.78, 5) is 26.4. The zero-order chi connectivity index (χ0) is 14.5. The topological polar surface area (TPSA) is 97.1 Å². The lowest BCUT2D eigenvalue weighted by Gasteiger charge is -2.04. The van der Waals surface area contributed by atoms with Crippen LogP contribution in [0, 0.1) is 0 Å². The highest BCUT2D eigenvalue weighted by molar-refractivity contribution is 5.94. The summed E-state index contributed by atoms with van der Waals surface area (Å²) in [5, 5.41) is 15.5. The molecule has 0 fully saturated rings. The zero-order valence-corrected chi connectivity index (χ0v) is 10.9. The van der Waals surface area contributed by atoms with Crippen molar-refractivity contribution in [2.45, 2.75) is 6.42 Å². The van der Waals surface area contributed by atoms with E-state index in [0.29, 0.717) is 13.0 Å². The summed E-state index contributed by atoms with van der Waals surface area (Å²) in [6.45, 7) is 0.434. The fourth-order valence-corrected chi connectivity index (χ4v) is 1.69. The maximum absolute atomic E-state index is 11.8. The Balaban J connectivity index is 1.91. The minimum absolute atomic E-state index is 0.0936. The molecule has 0 saturated carbocycles. The highest BCUT2D eigenvalue weighted by Crippen LogP contribution is 2.00. The van der Waals surface area contributed by atoms with E-state index in [1.165, 1.54) is 18.2 Å². The number of nitrogens with zero attached hydrogens (tertiary/aromatic N) is 3. The number of carbonyl (C=O) groups is 2. The maximum atomic E-state index is 11.8. The highest BCUT2D eigenvalue weighted by Gasteiger charge is 2.10. The molecule has 2 N–H and O–H groups in total. The Kier molecular flexibility index (Phi) is 4.09. The molecule has 0 atom stereocenters. The van der Waals surface area contributed by atoms with E-state index < -0.39 is 11.9 Å². The van der Waals surface area contributed by atoms with Crippen molar-refractivity contribution in [3.05, 3.63) is 47.5 Å². The second kappa shape index (κ2) is 5.96. The van der Waals surface area contributed by atoms with Crippen molar-refractivity contribution in [2.24, 2.45) is 7.05 Å². The summed E-state index contributed by atoms with van der Waals surface area (Å²) in [7, 11) is 1.82. The van der Waals surface area contributed by atoms with Crippen LogP contribution in [0.2, 0.25) is 0 Å². The predicted molar refractivity (Wildman–Crippen MR) is 70.4 cm³/mol. The Morgan fingerprint density at radius 1 is 1.35 bits per heavy atom. The van der Waals surface area contributed by atoms with E-state index in [-0.39, 0.29) is 11.4 Å². The average Bonchev–Trinajstić information content (AvgIpc) is 2.84. The minimum atomic E-state index is -1.16. The lowest BCUT2D eigenvalue weighted by atomic mass is 10.2. The molecule has 104 valence electrons. The molecule has 20 heavy (non-hydrogen) atoms. The minimum Gasteiger partial charge on any atom is -0.477 e. The first-order chi connectivity index (χ1) is 9.56. The number of amides is 1. The Hall–Kier alpha value is -2.70. The zero-order valence-electron chi connectivity index (χ0n) is 10.9. The van der Waals surface area contributed by atoms with Gasteiger partial charge in [0.05, 0.1) is 6.20 Å². The number of rotatable bonds is 5. The molecule has 2 heterocycles. The normalized spacial score (nSPS) is 10.2. The maximum Gasteiger partial charge on any atom is 0.354 e. The number of carbonyl (C=O) groups excluding carboxylic acids is 1. The van der Waals surface area contributed by atoms with Crippen LogP contribution in [0.4, 0.5) is 0 Å². The highest BCUT2D eigenvalue weighted by atomic mass is 16.4. The fourth-order valence-electron chi connectivity index (χ4n) is 1.69. The van der Waals surface area contributed by atoms with E-state index in [9.17, 15) is 9.59 Å². The molecule has 2 rings (SSSR count). The Labute approximate surface area is 115 Å². The number of carboxylic acids is 1. The van der Waals surface area contributed by atoms with E-state index in [1.807, 2.05) is 13.2 Å². The molecule has 2 aromatic heterocycles. The van der Waals surface area contributed by atoms with E-state index in [2.05, 4.69) is 15.4 Å². The number of aryl methyl sites for hydroxylation is 1. The van der Waals surface area contributed by atoms with Crippen molar-refractivity contribution in [3.8, 4) is 0 Å². The second-order valence-electron chi connectivity index (χ2n) is 4.24. The first-order valence-corrected chi connectivity index (χ1v) is 6.02. The van der Waals surface area contributed by atoms with Gasteiger partial charge >= 0.3 is 5.97 Å². The van der Waals surface area contributed by atoms with Crippen LogP contribution >= 0.6 is 0 Å². The van der Waals surface area contributed by atoms with Crippen molar-refractivity contribution in [2.75, 3.05) is 6.54 Å². The number of hydrogen-bond donors (Lipinski definition) is 2. The van der Waals surface area contributed by atoms with Crippen LogP contribution in [0.1, 0.15) is 26.5 Å². The predicted octanol–water partition coefficient (Wildman–Crippen LogP) is 0.486. The molecule has 0 unspecified atom stereocenters. The molecule has 0 radical (unpaired) electrons. The summed E-state index contributed by atoms with van der Waals surface area (Å²) in [6.07, 6.45) is 4.25. The van der Waals surface area contributed by atoms with E-state index in [4.69, 9.17) is 5.11 Å². The van der Waals surface area contributed by atoms with Gasteiger partial charge in [-0.1, -0.05) is 6.07 Å². The number of aromatic carboxylic acids is 1. The van der Waals surface area contributed by atoms with Crippen LogP contribution in [0.15, 0.2) is 30.6 Å². The van der Waals surface area contributed by atoms with Crippen LogP contribution in [0.25, 0.3) is 0 Å². The van der Waals surface area contributed by atoms with Crippen LogP contribution in [0.5, 0.6) is 0 Å². The van der Waals surface area contributed by atoms with Crippen molar-refractivity contribution >= 4 is 11.9 Å². The van der Waals surface area contributed by atoms with Gasteiger partial charge in [0.1, 0.15) is 11.4 Å². The van der Waals surface area contributed by atoms with Gasteiger partial charge in [0.25, 0.3) is 5.91 Å². The van der Waals surface area contributed by atoms with Gasteiger partial charge in [0, 0.05) is 19.8 Å². The molecule has 0 spiro atoms. The standard InChI is InChI=1S/C13H14N4O3/c1-17-8-9(7-15-17)5-6-14-12(18)10-3-2-4-11(16-10)13(19)20/h2-4,7-8H,5-6H2,1H3,(H,14,18)(H,19,20). The van der Waals surface area contributed by atoms with Gasteiger partial charge in [-0.25, -0.2) is 9.78 Å². The second-order valence-corrected chi connectivity index (χ2v) is 4.24. The van der Waals surface area contributed by atoms with Gasteiger partial charge in [-0.15, -0.1) is 0 Å². The SMILES string of the molecule is Cn1cc(CCNC(=O)c2cccc(C(=O)O)n2)cn1. The summed E-state index contributed by atoms with van der Waals surface area (Å²) in [5.74, 6) is -1.55. The Morgan fingerprint density at radius 2 is 2.10 bits per heavy atom. The molecule has 7 heteroatoms. The van der Waals surface area contributed by atoms with Crippen molar-refractivity contribution in [3.63, 3.8) is 0 Å². The smallest absolute Gasteiger partial charge is 0.354 e. The first kappa shape index (κ1) is 13.7. The first-order valence-electron chi connectivity index (χ1n) is 6.02. The van der Waals surface area contributed by atoms with Crippen LogP contribution in [-0.2, 0) is 13.5 Å². The number of nitrogens with one attached hydrogen (secondary N) is 1. The summed E-state index contributed by atoms with van der Waals surface area (Å²) in [5.41, 5.74) is 0.959. The van der Waals surface area contributed by atoms with Gasteiger partial charge in [-0.3, -0.25) is 9.48 Å². The third kappa shape index (κ3) is 3.41. The molecule has 0 saturated heterocycles. The molecule has 0 aliphatic rings. The average molecular weight is 274 g/mol. The summed E-state index contributed by atoms with van der Waals surface area (Å²) in [6, 6.07) is 4.31. The number of hydrogen-bond acceptors (Lipinski definition) is 4. The molecule has 0 bridgehead atoms. The number of carboxylic acid groups (broad SMARTS) is 1. The van der Waals surface area contributed by atoms with Gasteiger partial charge in [0.2, 0.25) is 0 Å². The van der Waals surface area contributed by atoms with Crippen LogP contribution in [0.3, 0.4) is 0 Å². The quantitative estimate of drug-likeness (QED) is 0.826. The largest absolute Gasteiger partial charge is 0.477 e. The van der Waals surface area contributed by atoms with Crippen LogP contribution in [-0.4, -0.2) is 38.3 Å². The lowest BCUT2D eigenvalue weighted by molar-refractivity contribution is 0.0690. The van der Waals surface area contributed by atoms with Gasteiger partial charge in [-0.2, -0.15) is 5.10 Å². The van der Waals surface area contributed by atoms with Crippen LogP contribution < -0.4 is 5.32 Å². The molecular formula is C13H14N4O3. The third-order valence-corrected chi connectivity index (χ3v) is 2.66.